The maximum absolute atomic E-state index is 13.7. The minimum Gasteiger partial charge on any atom is -0.361 e. The Kier molecular flexibility index (Phi) is 7.13. The van der Waals surface area contributed by atoms with Crippen molar-refractivity contribution in [2.45, 2.75) is 38.5 Å². The molecule has 5 rings (SSSR count). The molecule has 0 spiro atoms. The zero-order chi connectivity index (χ0) is 25.1. The lowest BCUT2D eigenvalue weighted by atomic mass is 9.89. The van der Waals surface area contributed by atoms with Gasteiger partial charge in [-0.25, -0.2) is 4.39 Å². The number of nitrogens with zero attached hydrogens (tertiary/aromatic N) is 2. The molecule has 186 valence electrons. The summed E-state index contributed by atoms with van der Waals surface area (Å²) in [5.41, 5.74) is 3.95. The number of aryl methyl sites for hydroxylation is 1. The van der Waals surface area contributed by atoms with E-state index < -0.39 is 0 Å². The normalized spacial score (nSPS) is 14.3. The van der Waals surface area contributed by atoms with Crippen LogP contribution in [0.3, 0.4) is 0 Å². The number of pyridine rings is 1. The second kappa shape index (κ2) is 10.6. The number of fused-ring (bicyclic) bond motifs is 1. The van der Waals surface area contributed by atoms with E-state index in [1.165, 1.54) is 17.0 Å². The van der Waals surface area contributed by atoms with Crippen LogP contribution in [0.2, 0.25) is 0 Å². The van der Waals surface area contributed by atoms with Gasteiger partial charge in [0, 0.05) is 53.2 Å². The van der Waals surface area contributed by atoms with E-state index in [1.54, 1.807) is 23.6 Å². The Labute approximate surface area is 213 Å². The average molecular weight is 505 g/mol. The van der Waals surface area contributed by atoms with Gasteiger partial charge in [0.25, 0.3) is 5.91 Å². The number of thiophene rings is 1. The number of halogens is 1. The summed E-state index contributed by atoms with van der Waals surface area (Å²) >= 11 is 1.69. The molecule has 3 aromatic heterocycles. The number of hydrogen-bond acceptors (Lipinski definition) is 4. The molecule has 1 saturated heterocycles. The van der Waals surface area contributed by atoms with E-state index in [4.69, 9.17) is 4.98 Å². The Balaban J connectivity index is 1.21. The lowest BCUT2D eigenvalue weighted by molar-refractivity contribution is -0.131. The number of likely N-dealkylation sites (tertiary alicyclic amines) is 1. The monoisotopic (exact) mass is 504 g/mol. The Hall–Kier alpha value is -3.52. The van der Waals surface area contributed by atoms with E-state index in [9.17, 15) is 14.0 Å². The molecule has 2 N–H and O–H groups in total. The fourth-order valence-electron chi connectivity index (χ4n) is 4.90. The number of hydrogen-bond donors (Lipinski definition) is 2. The van der Waals surface area contributed by atoms with Gasteiger partial charge in [-0.05, 0) is 73.5 Å². The first-order valence-corrected chi connectivity index (χ1v) is 13.2. The Morgan fingerprint density at radius 3 is 2.81 bits per heavy atom. The summed E-state index contributed by atoms with van der Waals surface area (Å²) in [5, 5.41) is 5.83. The van der Waals surface area contributed by atoms with Crippen molar-refractivity contribution in [2.75, 3.05) is 19.6 Å². The van der Waals surface area contributed by atoms with Crippen LogP contribution in [0.4, 0.5) is 4.39 Å². The smallest absolute Gasteiger partial charge is 0.253 e. The van der Waals surface area contributed by atoms with Gasteiger partial charge < -0.3 is 15.2 Å². The molecular weight excluding hydrogens is 475 g/mol. The van der Waals surface area contributed by atoms with Gasteiger partial charge in [0.05, 0.1) is 17.7 Å². The zero-order valence-electron chi connectivity index (χ0n) is 20.2. The molecule has 1 aliphatic heterocycles. The van der Waals surface area contributed by atoms with Crippen LogP contribution in [0, 0.1) is 12.7 Å². The van der Waals surface area contributed by atoms with Gasteiger partial charge in [-0.1, -0.05) is 6.07 Å². The lowest BCUT2D eigenvalue weighted by Crippen LogP contribution is -2.39. The number of piperidine rings is 1. The molecule has 0 unspecified atom stereocenters. The summed E-state index contributed by atoms with van der Waals surface area (Å²) in [6, 6.07) is 12.4. The van der Waals surface area contributed by atoms with Crippen molar-refractivity contribution >= 4 is 34.1 Å². The molecule has 1 fully saturated rings. The van der Waals surface area contributed by atoms with Gasteiger partial charge in [0.15, 0.2) is 0 Å². The third-order valence-corrected chi connectivity index (χ3v) is 7.79. The molecule has 0 aliphatic carbocycles. The van der Waals surface area contributed by atoms with E-state index in [-0.39, 0.29) is 30.0 Å². The van der Waals surface area contributed by atoms with Crippen LogP contribution in [0.1, 0.15) is 50.9 Å². The van der Waals surface area contributed by atoms with Gasteiger partial charge in [0.2, 0.25) is 5.91 Å². The number of amides is 2. The van der Waals surface area contributed by atoms with Crippen molar-refractivity contribution in [3.63, 3.8) is 0 Å². The predicted octanol–water partition coefficient (Wildman–Crippen LogP) is 4.99. The molecular formula is C28H29FN4O2S. The minimum absolute atomic E-state index is 0.0300. The first-order valence-electron chi connectivity index (χ1n) is 12.3. The second-order valence-corrected chi connectivity index (χ2v) is 10.3. The van der Waals surface area contributed by atoms with Crippen LogP contribution in [-0.2, 0) is 17.6 Å². The fraction of sp³-hybridized carbons (Fsp3) is 0.321. The lowest BCUT2D eigenvalue weighted by Gasteiger charge is -2.32. The van der Waals surface area contributed by atoms with E-state index in [2.05, 4.69) is 16.4 Å². The standard InChI is InChI=1S/C28H29FN4O2S/c1-18-4-6-23(28(35)30-11-8-22-3-2-14-36-22)27(32-18)19-9-12-33(13-10-19)26(34)15-20-17-31-25-7-5-21(29)16-24(20)25/h2-7,14,16-17,19,31H,8-13,15H2,1H3,(H,30,35). The van der Waals surface area contributed by atoms with Crippen molar-refractivity contribution in [1.29, 1.82) is 0 Å². The topological polar surface area (TPSA) is 78.1 Å². The molecule has 0 saturated carbocycles. The van der Waals surface area contributed by atoms with Crippen LogP contribution in [-0.4, -0.2) is 46.3 Å². The molecule has 0 bridgehead atoms. The summed E-state index contributed by atoms with van der Waals surface area (Å²) < 4.78 is 13.7. The first-order chi connectivity index (χ1) is 17.5. The molecule has 0 atom stereocenters. The molecule has 1 aliphatic rings. The predicted molar refractivity (Wildman–Crippen MR) is 140 cm³/mol. The van der Waals surface area contributed by atoms with Crippen molar-refractivity contribution < 1.29 is 14.0 Å². The molecule has 1 aromatic carbocycles. The zero-order valence-corrected chi connectivity index (χ0v) is 21.0. The van der Waals surface area contributed by atoms with Crippen molar-refractivity contribution in [2.24, 2.45) is 0 Å². The summed E-state index contributed by atoms with van der Waals surface area (Å²) in [4.78, 5) is 37.0. The summed E-state index contributed by atoms with van der Waals surface area (Å²) in [6.07, 6.45) is 4.32. The fourth-order valence-corrected chi connectivity index (χ4v) is 5.61. The summed E-state index contributed by atoms with van der Waals surface area (Å²) in [7, 11) is 0. The number of aromatic amines is 1. The van der Waals surface area contributed by atoms with Gasteiger partial charge in [-0.3, -0.25) is 14.6 Å². The number of rotatable bonds is 7. The first kappa shape index (κ1) is 24.2. The molecule has 6 nitrogen and oxygen atoms in total. The highest BCUT2D eigenvalue weighted by Crippen LogP contribution is 2.30. The molecule has 4 heterocycles. The van der Waals surface area contributed by atoms with Crippen LogP contribution >= 0.6 is 11.3 Å². The van der Waals surface area contributed by atoms with Gasteiger partial charge in [0.1, 0.15) is 5.82 Å². The summed E-state index contributed by atoms with van der Waals surface area (Å²) in [6.45, 7) is 3.73. The van der Waals surface area contributed by atoms with E-state index >= 15 is 0 Å². The second-order valence-electron chi connectivity index (χ2n) is 9.31. The molecule has 0 radical (unpaired) electrons. The Morgan fingerprint density at radius 1 is 1.19 bits per heavy atom. The van der Waals surface area contributed by atoms with E-state index in [1.807, 2.05) is 35.4 Å². The highest BCUT2D eigenvalue weighted by molar-refractivity contribution is 7.09. The van der Waals surface area contributed by atoms with Crippen molar-refractivity contribution in [3.05, 3.63) is 87.3 Å². The highest BCUT2D eigenvalue weighted by Gasteiger charge is 2.28. The third-order valence-electron chi connectivity index (χ3n) is 6.85. The van der Waals surface area contributed by atoms with Gasteiger partial charge in [-0.15, -0.1) is 11.3 Å². The van der Waals surface area contributed by atoms with Crippen molar-refractivity contribution in [1.82, 2.24) is 20.2 Å². The minimum atomic E-state index is -0.311. The number of carbonyl (C=O) groups excluding carboxylic acids is 2. The summed E-state index contributed by atoms with van der Waals surface area (Å²) in [5.74, 6) is -0.260. The number of aromatic nitrogens is 2. The quantitative estimate of drug-likeness (QED) is 0.372. The van der Waals surface area contributed by atoms with E-state index in [0.29, 0.717) is 25.2 Å². The van der Waals surface area contributed by atoms with Crippen LogP contribution < -0.4 is 5.32 Å². The third kappa shape index (κ3) is 5.33. The number of H-pyrrole nitrogens is 1. The van der Waals surface area contributed by atoms with E-state index in [0.717, 1.165) is 47.1 Å². The van der Waals surface area contributed by atoms with Crippen LogP contribution in [0.25, 0.3) is 10.9 Å². The number of nitrogens with one attached hydrogen (secondary N) is 2. The van der Waals surface area contributed by atoms with Gasteiger partial charge in [-0.2, -0.15) is 0 Å². The van der Waals surface area contributed by atoms with Crippen molar-refractivity contribution in [3.8, 4) is 0 Å². The Morgan fingerprint density at radius 2 is 2.03 bits per heavy atom. The van der Waals surface area contributed by atoms with Crippen LogP contribution in [0.5, 0.6) is 0 Å². The highest BCUT2D eigenvalue weighted by atomic mass is 32.1. The SMILES string of the molecule is Cc1ccc(C(=O)NCCc2cccs2)c(C2CCN(C(=O)Cc3c[nH]c4ccc(F)cc34)CC2)n1. The number of carbonyl (C=O) groups is 2. The maximum Gasteiger partial charge on any atom is 0.253 e. The number of benzene rings is 1. The van der Waals surface area contributed by atoms with Crippen LogP contribution in [0.15, 0.2) is 54.0 Å². The van der Waals surface area contributed by atoms with Gasteiger partial charge >= 0.3 is 0 Å². The molecule has 2 amide bonds. The Bertz CT molecular complexity index is 1370. The maximum atomic E-state index is 13.7. The average Bonchev–Trinajstić information content (AvgIpc) is 3.54. The molecule has 36 heavy (non-hydrogen) atoms. The largest absolute Gasteiger partial charge is 0.361 e. The molecule has 4 aromatic rings. The molecule has 8 heteroatoms.